The van der Waals surface area contributed by atoms with E-state index in [2.05, 4.69) is 28.6 Å². The summed E-state index contributed by atoms with van der Waals surface area (Å²) in [5.41, 5.74) is 3.04. The van der Waals surface area contributed by atoms with Crippen molar-refractivity contribution in [3.05, 3.63) is 58.4 Å². The summed E-state index contributed by atoms with van der Waals surface area (Å²) in [6.07, 6.45) is 7.64. The van der Waals surface area contributed by atoms with Crippen LogP contribution in [0.2, 0.25) is 0 Å². The highest BCUT2D eigenvalue weighted by molar-refractivity contribution is 7.17. The van der Waals surface area contributed by atoms with Gasteiger partial charge in [-0.15, -0.1) is 11.3 Å². The quantitative estimate of drug-likeness (QED) is 0.630. The SMILES string of the molecule is COc1cccc(C2CCCN2C(=O)/C=C/c2c(C)nc3sc(C)cn23)c1. The summed E-state index contributed by atoms with van der Waals surface area (Å²) in [5, 5.41) is 0. The van der Waals surface area contributed by atoms with E-state index in [9.17, 15) is 4.79 Å². The highest BCUT2D eigenvalue weighted by atomic mass is 32.1. The second kappa shape index (κ2) is 7.19. The Labute approximate surface area is 162 Å². The van der Waals surface area contributed by atoms with E-state index in [0.29, 0.717) is 0 Å². The van der Waals surface area contributed by atoms with Crippen LogP contribution in [0.4, 0.5) is 0 Å². The standard InChI is InChI=1S/C21H23N3O2S/c1-14-13-24-18(15(2)22-21(24)27-14)9-10-20(25)23-11-5-8-19(23)16-6-4-7-17(12-16)26-3/h4,6-7,9-10,12-13,19H,5,8,11H2,1-3H3/b10-9+. The van der Waals surface area contributed by atoms with E-state index in [1.165, 1.54) is 4.88 Å². The maximum atomic E-state index is 12.9. The monoisotopic (exact) mass is 381 g/mol. The smallest absolute Gasteiger partial charge is 0.247 e. The van der Waals surface area contributed by atoms with Gasteiger partial charge in [-0.05, 0) is 50.5 Å². The molecule has 0 bridgehead atoms. The minimum atomic E-state index is 0.0432. The predicted octanol–water partition coefficient (Wildman–Crippen LogP) is 4.40. The van der Waals surface area contributed by atoms with Crippen LogP contribution in [0.3, 0.4) is 0 Å². The number of aromatic nitrogens is 2. The van der Waals surface area contributed by atoms with E-state index in [1.54, 1.807) is 24.5 Å². The molecule has 0 N–H and O–H groups in total. The number of fused-ring (bicyclic) bond motifs is 1. The lowest BCUT2D eigenvalue weighted by Crippen LogP contribution is -2.28. The van der Waals surface area contributed by atoms with Crippen molar-refractivity contribution in [3.8, 4) is 5.75 Å². The Morgan fingerprint density at radius 1 is 1.37 bits per heavy atom. The predicted molar refractivity (Wildman–Crippen MR) is 108 cm³/mol. The van der Waals surface area contributed by atoms with Crippen LogP contribution in [0.5, 0.6) is 5.75 Å². The Morgan fingerprint density at radius 3 is 3.04 bits per heavy atom. The van der Waals surface area contributed by atoms with Gasteiger partial charge in [0, 0.05) is 23.7 Å². The summed E-state index contributed by atoms with van der Waals surface area (Å²) in [6, 6.07) is 8.12. The summed E-state index contributed by atoms with van der Waals surface area (Å²) in [6.45, 7) is 4.83. The minimum absolute atomic E-state index is 0.0432. The van der Waals surface area contributed by atoms with Crippen LogP contribution in [0.25, 0.3) is 11.0 Å². The van der Waals surface area contributed by atoms with Crippen molar-refractivity contribution in [1.29, 1.82) is 0 Å². The lowest BCUT2D eigenvalue weighted by Gasteiger charge is -2.24. The van der Waals surface area contributed by atoms with Crippen LogP contribution in [0.1, 0.15) is 40.7 Å². The first kappa shape index (κ1) is 17.8. The Bertz CT molecular complexity index is 1020. The molecule has 2 aromatic heterocycles. The zero-order chi connectivity index (χ0) is 19.0. The lowest BCUT2D eigenvalue weighted by molar-refractivity contribution is -0.126. The van der Waals surface area contributed by atoms with Gasteiger partial charge in [0.25, 0.3) is 0 Å². The number of imidazole rings is 1. The molecule has 1 atom stereocenters. The third-order valence-corrected chi connectivity index (χ3v) is 5.96. The molecule has 1 aliphatic rings. The average Bonchev–Trinajstić information content (AvgIpc) is 3.34. The molecule has 140 valence electrons. The molecule has 1 aromatic carbocycles. The van der Waals surface area contributed by atoms with Crippen molar-refractivity contribution in [1.82, 2.24) is 14.3 Å². The number of methoxy groups -OCH3 is 1. The van der Waals surface area contributed by atoms with Crippen molar-refractivity contribution in [2.45, 2.75) is 32.7 Å². The Balaban J connectivity index is 1.57. The first-order valence-electron chi connectivity index (χ1n) is 9.14. The van der Waals surface area contributed by atoms with Crippen molar-refractivity contribution < 1.29 is 9.53 Å². The lowest BCUT2D eigenvalue weighted by atomic mass is 10.0. The molecule has 0 saturated carbocycles. The highest BCUT2D eigenvalue weighted by Crippen LogP contribution is 2.33. The number of amides is 1. The fourth-order valence-electron chi connectivity index (χ4n) is 3.75. The second-order valence-corrected chi connectivity index (χ2v) is 8.09. The summed E-state index contributed by atoms with van der Waals surface area (Å²) in [5.74, 6) is 0.870. The van der Waals surface area contributed by atoms with Gasteiger partial charge in [0.05, 0.1) is 24.5 Å². The third kappa shape index (κ3) is 3.37. The van der Waals surface area contributed by atoms with E-state index in [4.69, 9.17) is 4.74 Å². The number of aryl methyl sites for hydroxylation is 2. The Kier molecular flexibility index (Phi) is 4.74. The van der Waals surface area contributed by atoms with Crippen molar-refractivity contribution >= 4 is 28.3 Å². The fourth-order valence-corrected chi connectivity index (χ4v) is 4.63. The van der Waals surface area contributed by atoms with Gasteiger partial charge >= 0.3 is 0 Å². The molecule has 1 fully saturated rings. The molecule has 3 heterocycles. The molecular formula is C21H23N3O2S. The number of rotatable bonds is 4. The van der Waals surface area contributed by atoms with E-state index >= 15 is 0 Å². The topological polar surface area (TPSA) is 46.8 Å². The van der Waals surface area contributed by atoms with Crippen LogP contribution < -0.4 is 4.74 Å². The molecule has 1 unspecified atom stereocenters. The van der Waals surface area contributed by atoms with Gasteiger partial charge < -0.3 is 9.64 Å². The van der Waals surface area contributed by atoms with Gasteiger partial charge in [0.1, 0.15) is 5.75 Å². The number of thiazole rings is 1. The van der Waals surface area contributed by atoms with Gasteiger partial charge in [-0.1, -0.05) is 12.1 Å². The van der Waals surface area contributed by atoms with Crippen LogP contribution in [-0.2, 0) is 4.79 Å². The molecule has 5 nitrogen and oxygen atoms in total. The number of carbonyl (C=O) groups excluding carboxylic acids is 1. The molecule has 0 aliphatic carbocycles. The zero-order valence-electron chi connectivity index (χ0n) is 15.8. The van der Waals surface area contributed by atoms with Gasteiger partial charge in [-0.3, -0.25) is 9.20 Å². The third-order valence-electron chi connectivity index (χ3n) is 5.06. The van der Waals surface area contributed by atoms with Crippen molar-refractivity contribution in [2.75, 3.05) is 13.7 Å². The second-order valence-electron chi connectivity index (χ2n) is 6.88. The number of nitrogens with zero attached hydrogens (tertiary/aromatic N) is 3. The first-order valence-corrected chi connectivity index (χ1v) is 9.96. The number of benzene rings is 1. The molecule has 1 amide bonds. The maximum absolute atomic E-state index is 12.9. The number of hydrogen-bond acceptors (Lipinski definition) is 4. The molecule has 1 aliphatic heterocycles. The van der Waals surface area contributed by atoms with Crippen LogP contribution in [0, 0.1) is 13.8 Å². The van der Waals surface area contributed by atoms with E-state index in [1.807, 2.05) is 36.1 Å². The summed E-state index contributed by atoms with van der Waals surface area (Å²) < 4.78 is 7.39. The molecule has 3 aromatic rings. The van der Waals surface area contributed by atoms with Gasteiger partial charge in [-0.25, -0.2) is 4.98 Å². The minimum Gasteiger partial charge on any atom is -0.497 e. The molecule has 0 spiro atoms. The summed E-state index contributed by atoms with van der Waals surface area (Å²) >= 11 is 1.66. The largest absolute Gasteiger partial charge is 0.497 e. The van der Waals surface area contributed by atoms with Gasteiger partial charge in [-0.2, -0.15) is 0 Å². The molecule has 6 heteroatoms. The van der Waals surface area contributed by atoms with Crippen LogP contribution in [-0.4, -0.2) is 33.8 Å². The number of carbonyl (C=O) groups is 1. The summed E-state index contributed by atoms with van der Waals surface area (Å²) in [7, 11) is 1.67. The van der Waals surface area contributed by atoms with E-state index < -0.39 is 0 Å². The summed E-state index contributed by atoms with van der Waals surface area (Å²) in [4.78, 5) is 21.6. The fraction of sp³-hybridized carbons (Fsp3) is 0.333. The molecular weight excluding hydrogens is 358 g/mol. The Morgan fingerprint density at radius 2 is 2.22 bits per heavy atom. The molecule has 1 saturated heterocycles. The van der Waals surface area contributed by atoms with Crippen LogP contribution >= 0.6 is 11.3 Å². The van der Waals surface area contributed by atoms with Gasteiger partial charge in [0.15, 0.2) is 4.96 Å². The zero-order valence-corrected chi connectivity index (χ0v) is 16.6. The average molecular weight is 382 g/mol. The number of likely N-dealkylation sites (tertiary alicyclic amines) is 1. The first-order chi connectivity index (χ1) is 13.1. The maximum Gasteiger partial charge on any atom is 0.247 e. The Hall–Kier alpha value is -2.60. The van der Waals surface area contributed by atoms with E-state index in [0.717, 1.165) is 47.0 Å². The molecule has 0 radical (unpaired) electrons. The normalized spacial score (nSPS) is 17.3. The number of hydrogen-bond donors (Lipinski definition) is 0. The molecule has 4 rings (SSSR count). The number of ether oxygens (including phenoxy) is 1. The van der Waals surface area contributed by atoms with Gasteiger partial charge in [0.2, 0.25) is 5.91 Å². The van der Waals surface area contributed by atoms with E-state index in [-0.39, 0.29) is 11.9 Å². The van der Waals surface area contributed by atoms with Crippen molar-refractivity contribution in [2.24, 2.45) is 0 Å². The highest BCUT2D eigenvalue weighted by Gasteiger charge is 2.29. The van der Waals surface area contributed by atoms with Crippen LogP contribution in [0.15, 0.2) is 36.5 Å². The van der Waals surface area contributed by atoms with Crippen molar-refractivity contribution in [3.63, 3.8) is 0 Å². The molecule has 27 heavy (non-hydrogen) atoms.